The first-order chi connectivity index (χ1) is 8.27. The summed E-state index contributed by atoms with van der Waals surface area (Å²) < 4.78 is 15.8. The molecule has 1 amide bonds. The van der Waals surface area contributed by atoms with Crippen LogP contribution in [0.1, 0.15) is 19.3 Å². The lowest BCUT2D eigenvalue weighted by molar-refractivity contribution is -0.158. The summed E-state index contributed by atoms with van der Waals surface area (Å²) >= 11 is 0. The Morgan fingerprint density at radius 2 is 2.41 bits per heavy atom. The van der Waals surface area contributed by atoms with Gasteiger partial charge in [0.2, 0.25) is 0 Å². The summed E-state index contributed by atoms with van der Waals surface area (Å²) in [4.78, 5) is 13.4. The molecule has 6 nitrogen and oxygen atoms in total. The third-order valence-electron chi connectivity index (χ3n) is 3.32. The normalized spacial score (nSPS) is 32.5. The number of aliphatic hydroxyl groups excluding tert-OH is 1. The number of amides is 1. The van der Waals surface area contributed by atoms with Crippen LogP contribution in [0, 0.1) is 0 Å². The summed E-state index contributed by atoms with van der Waals surface area (Å²) in [6.45, 7) is 0.883. The van der Waals surface area contributed by atoms with Gasteiger partial charge in [0.05, 0.1) is 6.04 Å². The molecule has 0 aromatic rings. The predicted molar refractivity (Wildman–Crippen MR) is 58.4 cm³/mol. The van der Waals surface area contributed by atoms with Crippen LogP contribution in [0.5, 0.6) is 0 Å². The Morgan fingerprint density at radius 1 is 1.59 bits per heavy atom. The van der Waals surface area contributed by atoms with E-state index in [4.69, 9.17) is 19.3 Å². The highest BCUT2D eigenvalue weighted by molar-refractivity contribution is 5.69. The maximum Gasteiger partial charge on any atom is 0.410 e. The lowest BCUT2D eigenvalue weighted by Crippen LogP contribution is -2.56. The molecule has 2 heterocycles. The first-order valence-corrected chi connectivity index (χ1v) is 5.96. The Balaban J connectivity index is 2.06. The number of cyclic esters (lactones) is 1. The van der Waals surface area contributed by atoms with Crippen molar-refractivity contribution < 1.29 is 24.1 Å². The van der Waals surface area contributed by atoms with Crippen LogP contribution >= 0.6 is 0 Å². The Morgan fingerprint density at radius 3 is 3.12 bits per heavy atom. The minimum Gasteiger partial charge on any atom is -0.443 e. The molecular weight excluding hydrogens is 226 g/mol. The highest BCUT2D eigenvalue weighted by Gasteiger charge is 2.46. The summed E-state index contributed by atoms with van der Waals surface area (Å²) in [7, 11) is 1.56. The Labute approximate surface area is 100 Å². The number of carbonyl (C=O) groups excluding carboxylic acids is 1. The topological polar surface area (TPSA) is 68.2 Å². The second-order valence-corrected chi connectivity index (χ2v) is 4.38. The van der Waals surface area contributed by atoms with Crippen molar-refractivity contribution in [1.29, 1.82) is 0 Å². The number of aliphatic hydroxyl groups is 1. The second-order valence-electron chi connectivity index (χ2n) is 4.38. The zero-order chi connectivity index (χ0) is 12.3. The zero-order valence-corrected chi connectivity index (χ0v) is 10.0. The number of ether oxygens (including phenoxy) is 3. The van der Waals surface area contributed by atoms with Gasteiger partial charge in [-0.05, 0) is 12.8 Å². The van der Waals surface area contributed by atoms with Gasteiger partial charge in [0, 0.05) is 26.7 Å². The molecule has 0 aromatic heterocycles. The summed E-state index contributed by atoms with van der Waals surface area (Å²) in [5.74, 6) is 0. The molecule has 2 rings (SSSR count). The highest BCUT2D eigenvalue weighted by Crippen LogP contribution is 2.31. The summed E-state index contributed by atoms with van der Waals surface area (Å²) in [6.07, 6.45) is 1.43. The molecule has 0 unspecified atom stereocenters. The van der Waals surface area contributed by atoms with Crippen molar-refractivity contribution in [2.45, 2.75) is 37.5 Å². The zero-order valence-electron chi connectivity index (χ0n) is 10.0. The molecule has 98 valence electrons. The Bertz CT molecular complexity index is 273. The molecule has 0 bridgehead atoms. The lowest BCUT2D eigenvalue weighted by Gasteiger charge is -2.40. The highest BCUT2D eigenvalue weighted by atomic mass is 16.7. The van der Waals surface area contributed by atoms with Crippen LogP contribution < -0.4 is 0 Å². The number of nitrogens with zero attached hydrogens (tertiary/aromatic N) is 1. The molecule has 2 fully saturated rings. The number of methoxy groups -OCH3 is 1. The number of hydrogen-bond donors (Lipinski definition) is 1. The average molecular weight is 245 g/mol. The quantitative estimate of drug-likeness (QED) is 0.707. The molecule has 0 spiro atoms. The number of carbonyl (C=O) groups is 1. The Hall–Kier alpha value is -0.850. The van der Waals surface area contributed by atoms with Crippen LogP contribution in [0.4, 0.5) is 4.79 Å². The maximum absolute atomic E-state index is 11.7. The van der Waals surface area contributed by atoms with Gasteiger partial charge in [-0.25, -0.2) is 4.79 Å². The molecule has 2 aliphatic rings. The van der Waals surface area contributed by atoms with Crippen molar-refractivity contribution >= 4 is 6.09 Å². The van der Waals surface area contributed by atoms with Gasteiger partial charge in [0.15, 0.2) is 0 Å². The van der Waals surface area contributed by atoms with E-state index in [9.17, 15) is 4.79 Å². The third kappa shape index (κ3) is 2.53. The standard InChI is InChI=1S/C11H19NO5/c1-15-7-16-10-8-3-2-5-12(8)11(14)17-9(10)4-6-13/h8-10,13H,2-7H2,1H3/t8-,9-,10-/m0/s1. The van der Waals surface area contributed by atoms with E-state index in [1.807, 2.05) is 0 Å². The largest absolute Gasteiger partial charge is 0.443 e. The molecule has 0 aromatic carbocycles. The van der Waals surface area contributed by atoms with Crippen molar-refractivity contribution in [1.82, 2.24) is 4.90 Å². The molecule has 2 aliphatic heterocycles. The van der Waals surface area contributed by atoms with Gasteiger partial charge < -0.3 is 24.2 Å². The molecule has 0 aliphatic carbocycles. The molecule has 6 heteroatoms. The lowest BCUT2D eigenvalue weighted by atomic mass is 9.99. The van der Waals surface area contributed by atoms with Crippen LogP contribution in [0.3, 0.4) is 0 Å². The molecule has 1 N–H and O–H groups in total. The van der Waals surface area contributed by atoms with Crippen molar-refractivity contribution in [2.24, 2.45) is 0 Å². The average Bonchev–Trinajstić information content (AvgIpc) is 2.78. The maximum atomic E-state index is 11.7. The first kappa shape index (κ1) is 12.6. The minimum atomic E-state index is -0.373. The van der Waals surface area contributed by atoms with E-state index in [1.165, 1.54) is 0 Å². The molecule has 0 saturated carbocycles. The fraction of sp³-hybridized carbons (Fsp3) is 0.909. The third-order valence-corrected chi connectivity index (χ3v) is 3.32. The van der Waals surface area contributed by atoms with E-state index in [0.29, 0.717) is 6.42 Å². The van der Waals surface area contributed by atoms with Crippen LogP contribution in [0.15, 0.2) is 0 Å². The van der Waals surface area contributed by atoms with Gasteiger partial charge in [-0.15, -0.1) is 0 Å². The molecule has 0 radical (unpaired) electrons. The van der Waals surface area contributed by atoms with Gasteiger partial charge in [-0.2, -0.15) is 0 Å². The van der Waals surface area contributed by atoms with E-state index >= 15 is 0 Å². The summed E-state index contributed by atoms with van der Waals surface area (Å²) in [6, 6.07) is 0.0583. The van der Waals surface area contributed by atoms with Gasteiger partial charge in [0.25, 0.3) is 0 Å². The smallest absolute Gasteiger partial charge is 0.410 e. The van der Waals surface area contributed by atoms with Crippen LogP contribution in [0.2, 0.25) is 0 Å². The van der Waals surface area contributed by atoms with Crippen LogP contribution in [-0.4, -0.2) is 61.4 Å². The van der Waals surface area contributed by atoms with E-state index in [2.05, 4.69) is 0 Å². The van der Waals surface area contributed by atoms with E-state index < -0.39 is 0 Å². The molecule has 3 atom stereocenters. The Kier molecular flexibility index (Phi) is 4.20. The van der Waals surface area contributed by atoms with E-state index in [-0.39, 0.29) is 37.7 Å². The van der Waals surface area contributed by atoms with Crippen molar-refractivity contribution in [3.05, 3.63) is 0 Å². The predicted octanol–water partition coefficient (Wildman–Crippen LogP) is 0.341. The molecular formula is C11H19NO5. The number of fused-ring (bicyclic) bond motifs is 1. The van der Waals surface area contributed by atoms with E-state index in [1.54, 1.807) is 12.0 Å². The summed E-state index contributed by atoms with van der Waals surface area (Å²) in [5, 5.41) is 9.00. The van der Waals surface area contributed by atoms with E-state index in [0.717, 1.165) is 19.4 Å². The van der Waals surface area contributed by atoms with Crippen LogP contribution in [-0.2, 0) is 14.2 Å². The van der Waals surface area contributed by atoms with Gasteiger partial charge >= 0.3 is 6.09 Å². The van der Waals surface area contributed by atoms with Gasteiger partial charge in [0.1, 0.15) is 19.0 Å². The van der Waals surface area contributed by atoms with Gasteiger partial charge in [-0.3, -0.25) is 0 Å². The fourth-order valence-corrected chi connectivity index (χ4v) is 2.59. The SMILES string of the molecule is COCO[C@@H]1[C@H](CCO)OC(=O)N2CCC[C@@H]12. The first-order valence-electron chi connectivity index (χ1n) is 5.96. The van der Waals surface area contributed by atoms with Crippen molar-refractivity contribution in [3.8, 4) is 0 Å². The monoisotopic (exact) mass is 245 g/mol. The van der Waals surface area contributed by atoms with Crippen molar-refractivity contribution in [3.63, 3.8) is 0 Å². The minimum absolute atomic E-state index is 0.0164. The van der Waals surface area contributed by atoms with Crippen molar-refractivity contribution in [2.75, 3.05) is 27.1 Å². The fourth-order valence-electron chi connectivity index (χ4n) is 2.59. The molecule has 2 saturated heterocycles. The van der Waals surface area contributed by atoms with Crippen LogP contribution in [0.25, 0.3) is 0 Å². The number of rotatable bonds is 5. The second kappa shape index (κ2) is 5.66. The summed E-state index contributed by atoms with van der Waals surface area (Å²) in [5.41, 5.74) is 0. The van der Waals surface area contributed by atoms with Gasteiger partial charge in [-0.1, -0.05) is 0 Å². The number of hydrogen-bond acceptors (Lipinski definition) is 5. The molecule has 17 heavy (non-hydrogen) atoms.